The van der Waals surface area contributed by atoms with Crippen molar-refractivity contribution in [1.29, 1.82) is 0 Å². The van der Waals surface area contributed by atoms with E-state index in [1.807, 2.05) is 0 Å². The molecule has 1 aliphatic carbocycles. The highest BCUT2D eigenvalue weighted by Gasteiger charge is 2.31. The number of hydrogen-bond donors (Lipinski definition) is 0. The highest BCUT2D eigenvalue weighted by Crippen LogP contribution is 2.58. The van der Waals surface area contributed by atoms with Crippen LogP contribution in [0.2, 0.25) is 0 Å². The Morgan fingerprint density at radius 3 is 1.56 bits per heavy atom. The molecule has 0 bridgehead atoms. The number of rotatable bonds is 5. The average molecular weight is 572 g/mol. The SMILES string of the molecule is c1ccc(-c2ccc(N(c3cccc(-c4ccccc4)c3)c3c4c(cc5ccccc35)-c3cc5ccccc5cc3-4)cc2)cc1. The summed E-state index contributed by atoms with van der Waals surface area (Å²) in [5, 5.41) is 5.04. The van der Waals surface area contributed by atoms with Gasteiger partial charge in [-0.2, -0.15) is 0 Å². The smallest absolute Gasteiger partial charge is 0.0624 e. The fourth-order valence-corrected chi connectivity index (χ4v) is 6.95. The molecular weight excluding hydrogens is 542 g/mol. The first-order chi connectivity index (χ1) is 22.3. The highest BCUT2D eigenvalue weighted by atomic mass is 15.1. The van der Waals surface area contributed by atoms with Crippen LogP contribution in [0.1, 0.15) is 0 Å². The van der Waals surface area contributed by atoms with Crippen molar-refractivity contribution in [3.05, 3.63) is 176 Å². The quantitative estimate of drug-likeness (QED) is 0.199. The molecule has 0 amide bonds. The summed E-state index contributed by atoms with van der Waals surface area (Å²) in [6.45, 7) is 0. The fourth-order valence-electron chi connectivity index (χ4n) is 6.95. The number of hydrogen-bond acceptors (Lipinski definition) is 1. The molecule has 0 radical (unpaired) electrons. The monoisotopic (exact) mass is 571 g/mol. The second-order valence-electron chi connectivity index (χ2n) is 11.8. The number of fused-ring (bicyclic) bond motifs is 6. The molecule has 45 heavy (non-hydrogen) atoms. The van der Waals surface area contributed by atoms with Crippen molar-refractivity contribution >= 4 is 38.6 Å². The van der Waals surface area contributed by atoms with Crippen molar-refractivity contribution in [2.24, 2.45) is 0 Å². The third-order valence-electron chi connectivity index (χ3n) is 9.13. The van der Waals surface area contributed by atoms with Crippen LogP contribution in [0.3, 0.4) is 0 Å². The van der Waals surface area contributed by atoms with Gasteiger partial charge in [-0.3, -0.25) is 0 Å². The Balaban J connectivity index is 1.31. The van der Waals surface area contributed by atoms with Crippen LogP contribution in [0.25, 0.3) is 66.1 Å². The predicted octanol–water partition coefficient (Wildman–Crippen LogP) is 12.4. The number of nitrogens with zero attached hydrogens (tertiary/aromatic N) is 1. The third-order valence-corrected chi connectivity index (χ3v) is 9.13. The Kier molecular flexibility index (Phi) is 5.89. The maximum absolute atomic E-state index is 2.47. The molecular formula is C44H29N. The van der Waals surface area contributed by atoms with Gasteiger partial charge in [0.15, 0.2) is 0 Å². The first kappa shape index (κ1) is 25.6. The minimum atomic E-state index is 1.13. The van der Waals surface area contributed by atoms with Gasteiger partial charge in [0.1, 0.15) is 0 Å². The van der Waals surface area contributed by atoms with Gasteiger partial charge in [-0.25, -0.2) is 0 Å². The van der Waals surface area contributed by atoms with E-state index < -0.39 is 0 Å². The van der Waals surface area contributed by atoms with Gasteiger partial charge in [-0.1, -0.05) is 133 Å². The third kappa shape index (κ3) is 4.24. The van der Waals surface area contributed by atoms with E-state index >= 15 is 0 Å². The molecule has 0 unspecified atom stereocenters. The summed E-state index contributed by atoms with van der Waals surface area (Å²) in [6, 6.07) is 63.9. The molecule has 1 nitrogen and oxygen atoms in total. The molecule has 0 atom stereocenters. The van der Waals surface area contributed by atoms with Crippen molar-refractivity contribution in [1.82, 2.24) is 0 Å². The Hall–Kier alpha value is -5.92. The second-order valence-corrected chi connectivity index (χ2v) is 11.8. The van der Waals surface area contributed by atoms with Crippen molar-refractivity contribution in [3.8, 4) is 44.5 Å². The lowest BCUT2D eigenvalue weighted by Gasteiger charge is -2.35. The summed E-state index contributed by atoms with van der Waals surface area (Å²) in [5.41, 5.74) is 13.6. The molecule has 0 N–H and O–H groups in total. The molecule has 8 aromatic rings. The first-order valence-corrected chi connectivity index (χ1v) is 15.5. The van der Waals surface area contributed by atoms with Crippen molar-refractivity contribution in [3.63, 3.8) is 0 Å². The predicted molar refractivity (Wildman–Crippen MR) is 191 cm³/mol. The van der Waals surface area contributed by atoms with Gasteiger partial charge in [0.2, 0.25) is 0 Å². The zero-order valence-electron chi connectivity index (χ0n) is 24.7. The molecule has 0 heterocycles. The molecule has 1 heteroatoms. The van der Waals surface area contributed by atoms with Crippen LogP contribution < -0.4 is 4.90 Å². The van der Waals surface area contributed by atoms with Crippen LogP contribution in [0.5, 0.6) is 0 Å². The van der Waals surface area contributed by atoms with E-state index in [1.54, 1.807) is 0 Å². The largest absolute Gasteiger partial charge is 0.309 e. The molecule has 0 aromatic heterocycles. The number of anilines is 3. The van der Waals surface area contributed by atoms with E-state index in [0.717, 1.165) is 11.4 Å². The Morgan fingerprint density at radius 1 is 0.311 bits per heavy atom. The Morgan fingerprint density at radius 2 is 0.844 bits per heavy atom. The summed E-state index contributed by atoms with van der Waals surface area (Å²) in [5.74, 6) is 0. The normalized spacial score (nSPS) is 11.6. The zero-order chi connectivity index (χ0) is 29.7. The molecule has 9 rings (SSSR count). The summed E-state index contributed by atoms with van der Waals surface area (Å²) >= 11 is 0. The highest BCUT2D eigenvalue weighted by molar-refractivity contribution is 6.20. The van der Waals surface area contributed by atoms with Crippen molar-refractivity contribution < 1.29 is 0 Å². The molecule has 1 aliphatic rings. The maximum Gasteiger partial charge on any atom is 0.0624 e. The molecule has 0 saturated heterocycles. The van der Waals surface area contributed by atoms with Gasteiger partial charge >= 0.3 is 0 Å². The standard InChI is InChI=1S/C44H29N/c1-3-12-30(13-4-1)32-22-24-37(25-23-32)45(38-20-11-19-33(26-38)31-14-5-2-6-15-31)44-39-21-10-9-18-36(39)29-42-40-27-34-16-7-8-17-35(34)28-41(40)43(42)44/h1-29H. The zero-order valence-corrected chi connectivity index (χ0v) is 24.7. The van der Waals surface area contributed by atoms with Crippen LogP contribution in [-0.4, -0.2) is 0 Å². The summed E-state index contributed by atoms with van der Waals surface area (Å²) in [6.07, 6.45) is 0. The van der Waals surface area contributed by atoms with Crippen LogP contribution in [0.15, 0.2) is 176 Å². The lowest BCUT2D eigenvalue weighted by molar-refractivity contribution is 1.29. The minimum Gasteiger partial charge on any atom is -0.309 e. The van der Waals surface area contributed by atoms with E-state index in [0.29, 0.717) is 0 Å². The summed E-state index contributed by atoms with van der Waals surface area (Å²) in [4.78, 5) is 2.47. The topological polar surface area (TPSA) is 3.24 Å². The van der Waals surface area contributed by atoms with E-state index in [-0.39, 0.29) is 0 Å². The van der Waals surface area contributed by atoms with Crippen LogP contribution >= 0.6 is 0 Å². The maximum atomic E-state index is 2.47. The first-order valence-electron chi connectivity index (χ1n) is 15.5. The lowest BCUT2D eigenvalue weighted by atomic mass is 9.76. The molecule has 0 saturated carbocycles. The van der Waals surface area contributed by atoms with Crippen molar-refractivity contribution in [2.45, 2.75) is 0 Å². The van der Waals surface area contributed by atoms with Crippen molar-refractivity contribution in [2.75, 3.05) is 4.90 Å². The molecule has 0 fully saturated rings. The second kappa shape index (κ2) is 10.4. The summed E-state index contributed by atoms with van der Waals surface area (Å²) < 4.78 is 0. The molecule has 0 aliphatic heterocycles. The Bertz CT molecular complexity index is 2350. The van der Waals surface area contributed by atoms with E-state index in [1.165, 1.54) is 71.7 Å². The van der Waals surface area contributed by atoms with Gasteiger partial charge in [0.05, 0.1) is 5.69 Å². The summed E-state index contributed by atoms with van der Waals surface area (Å²) in [7, 11) is 0. The van der Waals surface area contributed by atoms with Gasteiger partial charge < -0.3 is 4.90 Å². The molecule has 210 valence electrons. The fraction of sp³-hybridized carbons (Fsp3) is 0. The van der Waals surface area contributed by atoms with E-state index in [9.17, 15) is 0 Å². The molecule has 8 aromatic carbocycles. The minimum absolute atomic E-state index is 1.13. The lowest BCUT2D eigenvalue weighted by Crippen LogP contribution is -2.15. The van der Waals surface area contributed by atoms with Crippen LogP contribution in [-0.2, 0) is 0 Å². The number of benzene rings is 8. The average Bonchev–Trinajstić information content (AvgIpc) is 3.12. The van der Waals surface area contributed by atoms with Crippen LogP contribution in [0.4, 0.5) is 17.1 Å². The Labute approximate surface area is 263 Å². The van der Waals surface area contributed by atoms with E-state index in [2.05, 4.69) is 181 Å². The van der Waals surface area contributed by atoms with Crippen LogP contribution in [0, 0.1) is 0 Å². The molecule has 0 spiro atoms. The van der Waals surface area contributed by atoms with E-state index in [4.69, 9.17) is 0 Å². The van der Waals surface area contributed by atoms with Gasteiger partial charge in [0.25, 0.3) is 0 Å². The van der Waals surface area contributed by atoms with Gasteiger partial charge in [-0.15, -0.1) is 0 Å². The van der Waals surface area contributed by atoms with Gasteiger partial charge in [-0.05, 0) is 97.6 Å². The van der Waals surface area contributed by atoms with Gasteiger partial charge in [0, 0.05) is 22.3 Å².